The largest absolute Gasteiger partial charge is 0.388 e. The van der Waals surface area contributed by atoms with Crippen molar-refractivity contribution >= 4 is 22.8 Å². The Bertz CT molecular complexity index is 741. The number of alkyl halides is 2. The van der Waals surface area contributed by atoms with E-state index in [0.29, 0.717) is 29.6 Å². The van der Waals surface area contributed by atoms with E-state index in [1.807, 2.05) is 0 Å². The minimum atomic E-state index is -2.67. The highest BCUT2D eigenvalue weighted by atomic mass is 19.3. The van der Waals surface area contributed by atoms with Crippen LogP contribution in [-0.4, -0.2) is 45.2 Å². The smallest absolute Gasteiger partial charge is 0.321 e. The zero-order valence-electron chi connectivity index (χ0n) is 13.4. The Labute approximate surface area is 137 Å². The number of aromatic amines is 1. The summed E-state index contributed by atoms with van der Waals surface area (Å²) in [6, 6.07) is 4.37. The number of halogens is 2. The van der Waals surface area contributed by atoms with Crippen LogP contribution in [0.25, 0.3) is 11.0 Å². The summed E-state index contributed by atoms with van der Waals surface area (Å²) in [6.07, 6.45) is 0.653. The van der Waals surface area contributed by atoms with Gasteiger partial charge in [0.25, 0.3) is 6.43 Å². The lowest BCUT2D eigenvalue weighted by molar-refractivity contribution is 0.0261. The average molecular weight is 338 g/mol. The lowest BCUT2D eigenvalue weighted by atomic mass is 10.0. The number of rotatable bonds is 4. The minimum Gasteiger partial charge on any atom is -0.388 e. The Morgan fingerprint density at radius 2 is 2.17 bits per heavy atom. The number of carbonyl (C=O) groups excluding carboxylic acids is 1. The van der Waals surface area contributed by atoms with Gasteiger partial charge in [-0.1, -0.05) is 12.8 Å². The number of imidazole rings is 1. The molecule has 0 unspecified atom stereocenters. The van der Waals surface area contributed by atoms with Crippen molar-refractivity contribution in [2.45, 2.75) is 37.7 Å². The highest BCUT2D eigenvalue weighted by Crippen LogP contribution is 2.30. The van der Waals surface area contributed by atoms with Gasteiger partial charge in [0.2, 0.25) is 0 Å². The second-order valence-electron chi connectivity index (χ2n) is 6.37. The maximum absolute atomic E-state index is 12.7. The van der Waals surface area contributed by atoms with Crippen molar-refractivity contribution in [3.8, 4) is 0 Å². The Balaban J connectivity index is 1.68. The molecular weight excluding hydrogens is 318 g/mol. The Morgan fingerprint density at radius 3 is 2.83 bits per heavy atom. The quantitative estimate of drug-likeness (QED) is 0.800. The van der Waals surface area contributed by atoms with Gasteiger partial charge in [0.1, 0.15) is 0 Å². The first-order valence-corrected chi connectivity index (χ1v) is 7.89. The van der Waals surface area contributed by atoms with Crippen molar-refractivity contribution < 1.29 is 18.7 Å². The number of aromatic nitrogens is 2. The number of nitrogens with zero attached hydrogens (tertiary/aromatic N) is 2. The Morgan fingerprint density at radius 1 is 1.46 bits per heavy atom. The standard InChI is InChI=1S/C16H20F2N4O2/c1-22(9-16(24)6-2-3-7-16)15(23)19-10-4-5-11-12(8-10)21-14(20-11)13(17)18/h4-5,8,13,24H,2-3,6-7,9H2,1H3,(H,19,23)(H,20,21). The van der Waals surface area contributed by atoms with Gasteiger partial charge in [0, 0.05) is 12.7 Å². The molecule has 0 aliphatic heterocycles. The first-order valence-electron chi connectivity index (χ1n) is 7.89. The maximum atomic E-state index is 12.7. The third-order valence-corrected chi connectivity index (χ3v) is 4.37. The van der Waals surface area contributed by atoms with Gasteiger partial charge in [-0.05, 0) is 31.0 Å². The molecule has 8 heteroatoms. The van der Waals surface area contributed by atoms with Crippen LogP contribution in [-0.2, 0) is 0 Å². The summed E-state index contributed by atoms with van der Waals surface area (Å²) in [5, 5.41) is 13.1. The fourth-order valence-electron chi connectivity index (χ4n) is 3.13. The number of aliphatic hydroxyl groups is 1. The normalized spacial score (nSPS) is 16.7. The van der Waals surface area contributed by atoms with Crippen LogP contribution < -0.4 is 5.32 Å². The van der Waals surface area contributed by atoms with E-state index >= 15 is 0 Å². The molecule has 0 saturated heterocycles. The number of fused-ring (bicyclic) bond motifs is 1. The molecule has 1 fully saturated rings. The number of hydrogen-bond donors (Lipinski definition) is 3. The fourth-order valence-corrected chi connectivity index (χ4v) is 3.13. The highest BCUT2D eigenvalue weighted by molar-refractivity contribution is 5.91. The van der Waals surface area contributed by atoms with Crippen molar-refractivity contribution in [3.05, 3.63) is 24.0 Å². The van der Waals surface area contributed by atoms with Crippen LogP contribution in [0, 0.1) is 0 Å². The molecular formula is C16H20F2N4O2. The molecule has 1 aromatic heterocycles. The molecule has 24 heavy (non-hydrogen) atoms. The van der Waals surface area contributed by atoms with Crippen molar-refractivity contribution in [2.75, 3.05) is 18.9 Å². The van der Waals surface area contributed by atoms with Gasteiger partial charge in [-0.25, -0.2) is 18.6 Å². The van der Waals surface area contributed by atoms with E-state index in [1.54, 1.807) is 25.2 Å². The van der Waals surface area contributed by atoms with Crippen molar-refractivity contribution in [1.29, 1.82) is 0 Å². The number of H-pyrrole nitrogens is 1. The summed E-state index contributed by atoms with van der Waals surface area (Å²) in [7, 11) is 1.62. The first kappa shape index (κ1) is 16.6. The van der Waals surface area contributed by atoms with Crippen molar-refractivity contribution in [3.63, 3.8) is 0 Å². The summed E-state index contributed by atoms with van der Waals surface area (Å²) in [5.41, 5.74) is 0.505. The van der Waals surface area contributed by atoms with Gasteiger partial charge in [0.15, 0.2) is 5.82 Å². The van der Waals surface area contributed by atoms with E-state index in [-0.39, 0.29) is 12.6 Å². The average Bonchev–Trinajstić information content (AvgIpc) is 3.13. The van der Waals surface area contributed by atoms with Crippen LogP contribution >= 0.6 is 0 Å². The molecule has 1 saturated carbocycles. The topological polar surface area (TPSA) is 81.2 Å². The maximum Gasteiger partial charge on any atom is 0.321 e. The van der Waals surface area contributed by atoms with Gasteiger partial charge in [0.05, 0.1) is 23.2 Å². The lowest BCUT2D eigenvalue weighted by Crippen LogP contribution is -2.43. The third kappa shape index (κ3) is 3.48. The predicted octanol–water partition coefficient (Wildman–Crippen LogP) is 3.27. The van der Waals surface area contributed by atoms with E-state index in [9.17, 15) is 18.7 Å². The van der Waals surface area contributed by atoms with Crippen LogP contribution in [0.15, 0.2) is 18.2 Å². The van der Waals surface area contributed by atoms with Crippen LogP contribution in [0.3, 0.4) is 0 Å². The van der Waals surface area contributed by atoms with Gasteiger partial charge in [-0.15, -0.1) is 0 Å². The molecule has 0 spiro atoms. The number of hydrogen-bond acceptors (Lipinski definition) is 3. The number of likely N-dealkylation sites (N-methyl/N-ethyl adjacent to an activating group) is 1. The Hall–Kier alpha value is -2.22. The zero-order chi connectivity index (χ0) is 17.3. The van der Waals surface area contributed by atoms with E-state index < -0.39 is 17.9 Å². The summed E-state index contributed by atoms with van der Waals surface area (Å²) in [4.78, 5) is 20.0. The molecule has 2 amide bonds. The predicted molar refractivity (Wildman–Crippen MR) is 86.1 cm³/mol. The number of nitrogens with one attached hydrogen (secondary N) is 2. The van der Waals surface area contributed by atoms with Crippen LogP contribution in [0.5, 0.6) is 0 Å². The molecule has 6 nitrogen and oxygen atoms in total. The van der Waals surface area contributed by atoms with Gasteiger partial charge < -0.3 is 20.3 Å². The molecule has 1 heterocycles. The minimum absolute atomic E-state index is 0.265. The van der Waals surface area contributed by atoms with E-state index in [1.165, 1.54) is 4.90 Å². The lowest BCUT2D eigenvalue weighted by Gasteiger charge is -2.28. The number of benzene rings is 1. The summed E-state index contributed by atoms with van der Waals surface area (Å²) >= 11 is 0. The third-order valence-electron chi connectivity index (χ3n) is 4.37. The van der Waals surface area contributed by atoms with Crippen molar-refractivity contribution in [2.24, 2.45) is 0 Å². The number of urea groups is 1. The molecule has 3 rings (SSSR count). The van der Waals surface area contributed by atoms with E-state index in [0.717, 1.165) is 12.8 Å². The zero-order valence-corrected chi connectivity index (χ0v) is 13.4. The summed E-state index contributed by atoms with van der Waals surface area (Å²) in [6.45, 7) is 0.265. The molecule has 3 N–H and O–H groups in total. The highest BCUT2D eigenvalue weighted by Gasteiger charge is 2.33. The number of carbonyl (C=O) groups is 1. The molecule has 130 valence electrons. The molecule has 1 aromatic carbocycles. The second kappa shape index (κ2) is 6.35. The second-order valence-corrected chi connectivity index (χ2v) is 6.37. The monoisotopic (exact) mass is 338 g/mol. The Kier molecular flexibility index (Phi) is 4.40. The van der Waals surface area contributed by atoms with Crippen LogP contribution in [0.1, 0.15) is 37.9 Å². The molecule has 0 atom stereocenters. The van der Waals surface area contributed by atoms with Gasteiger partial charge in [-0.2, -0.15) is 0 Å². The molecule has 0 radical (unpaired) electrons. The van der Waals surface area contributed by atoms with E-state index in [2.05, 4.69) is 15.3 Å². The fraction of sp³-hybridized carbons (Fsp3) is 0.500. The number of amides is 2. The summed E-state index contributed by atoms with van der Waals surface area (Å²) < 4.78 is 25.3. The van der Waals surface area contributed by atoms with E-state index in [4.69, 9.17) is 0 Å². The van der Waals surface area contributed by atoms with Crippen LogP contribution in [0.2, 0.25) is 0 Å². The van der Waals surface area contributed by atoms with Crippen molar-refractivity contribution in [1.82, 2.24) is 14.9 Å². The van der Waals surface area contributed by atoms with Crippen LogP contribution in [0.4, 0.5) is 19.3 Å². The summed E-state index contributed by atoms with van der Waals surface area (Å²) in [5.74, 6) is -0.394. The molecule has 1 aliphatic rings. The molecule has 2 aromatic rings. The molecule has 0 bridgehead atoms. The first-order chi connectivity index (χ1) is 11.4. The molecule has 1 aliphatic carbocycles. The number of anilines is 1. The van der Waals surface area contributed by atoms with Gasteiger partial charge >= 0.3 is 6.03 Å². The SMILES string of the molecule is CN(CC1(O)CCCC1)C(=O)Nc1ccc2nc(C(F)F)[nH]c2c1. The van der Waals surface area contributed by atoms with Gasteiger partial charge in [-0.3, -0.25) is 0 Å².